The standard InChI is InChI=1S/C11H8BrClFN3/c1-6-4-10(17-11(13)15-6)16-9-5-7(12)2-3-8(9)14/h2-5H,1H3,(H,15,16,17). The van der Waals surface area contributed by atoms with E-state index in [1.807, 2.05) is 0 Å². The molecule has 0 unspecified atom stereocenters. The maximum Gasteiger partial charge on any atom is 0.224 e. The first-order chi connectivity index (χ1) is 8.04. The normalized spacial score (nSPS) is 10.4. The van der Waals surface area contributed by atoms with E-state index in [0.29, 0.717) is 17.2 Å². The summed E-state index contributed by atoms with van der Waals surface area (Å²) in [6.45, 7) is 1.79. The van der Waals surface area contributed by atoms with Gasteiger partial charge in [-0.15, -0.1) is 0 Å². The highest BCUT2D eigenvalue weighted by molar-refractivity contribution is 9.10. The van der Waals surface area contributed by atoms with Gasteiger partial charge >= 0.3 is 0 Å². The van der Waals surface area contributed by atoms with Crippen molar-refractivity contribution < 1.29 is 4.39 Å². The number of aromatic nitrogens is 2. The van der Waals surface area contributed by atoms with Crippen LogP contribution < -0.4 is 5.32 Å². The van der Waals surface area contributed by atoms with Gasteiger partial charge in [0.25, 0.3) is 0 Å². The van der Waals surface area contributed by atoms with Gasteiger partial charge in [0.15, 0.2) is 0 Å². The summed E-state index contributed by atoms with van der Waals surface area (Å²) in [5.74, 6) is 0.0973. The fourth-order valence-corrected chi connectivity index (χ4v) is 1.91. The molecule has 1 heterocycles. The van der Waals surface area contributed by atoms with E-state index < -0.39 is 0 Å². The molecule has 2 aromatic rings. The molecule has 88 valence electrons. The third-order valence-corrected chi connectivity index (χ3v) is 2.68. The van der Waals surface area contributed by atoms with Crippen molar-refractivity contribution in [1.82, 2.24) is 9.97 Å². The van der Waals surface area contributed by atoms with Crippen LogP contribution in [-0.4, -0.2) is 9.97 Å². The lowest BCUT2D eigenvalue weighted by Crippen LogP contribution is -1.98. The Hall–Kier alpha value is -1.20. The predicted octanol–water partition coefficient (Wildman–Crippen LogP) is 4.08. The molecule has 1 aromatic carbocycles. The summed E-state index contributed by atoms with van der Waals surface area (Å²) in [5.41, 5.74) is 1.04. The van der Waals surface area contributed by atoms with Crippen LogP contribution in [0.15, 0.2) is 28.7 Å². The van der Waals surface area contributed by atoms with E-state index in [0.717, 1.165) is 4.47 Å². The molecule has 0 bridgehead atoms. The number of nitrogens with zero attached hydrogens (tertiary/aromatic N) is 2. The van der Waals surface area contributed by atoms with E-state index in [1.165, 1.54) is 6.07 Å². The summed E-state index contributed by atoms with van der Waals surface area (Å²) in [5, 5.41) is 2.98. The number of rotatable bonds is 2. The Morgan fingerprint density at radius 2 is 2.06 bits per heavy atom. The molecule has 0 fully saturated rings. The number of hydrogen-bond acceptors (Lipinski definition) is 3. The van der Waals surface area contributed by atoms with Gasteiger partial charge in [0.2, 0.25) is 5.28 Å². The molecule has 0 spiro atoms. The lowest BCUT2D eigenvalue weighted by Gasteiger charge is -2.08. The minimum Gasteiger partial charge on any atom is -0.338 e. The second-order valence-corrected chi connectivity index (χ2v) is 4.67. The molecule has 0 aliphatic rings. The van der Waals surface area contributed by atoms with Crippen molar-refractivity contribution in [3.8, 4) is 0 Å². The minimum atomic E-state index is -0.361. The predicted molar refractivity (Wildman–Crippen MR) is 69.2 cm³/mol. The third-order valence-electron chi connectivity index (χ3n) is 2.02. The maximum absolute atomic E-state index is 13.5. The summed E-state index contributed by atoms with van der Waals surface area (Å²) in [6, 6.07) is 6.30. The highest BCUT2D eigenvalue weighted by Crippen LogP contribution is 2.23. The third kappa shape index (κ3) is 3.14. The van der Waals surface area contributed by atoms with Crippen molar-refractivity contribution in [3.63, 3.8) is 0 Å². The fourth-order valence-electron chi connectivity index (χ4n) is 1.33. The first kappa shape index (κ1) is 12.3. The fraction of sp³-hybridized carbons (Fsp3) is 0.0909. The average Bonchev–Trinajstić information content (AvgIpc) is 2.22. The number of halogens is 3. The molecule has 1 aromatic heterocycles. The summed E-state index contributed by atoms with van der Waals surface area (Å²) in [4.78, 5) is 7.89. The van der Waals surface area contributed by atoms with Crippen LogP contribution in [0.1, 0.15) is 5.69 Å². The van der Waals surface area contributed by atoms with Crippen molar-refractivity contribution in [2.45, 2.75) is 6.92 Å². The largest absolute Gasteiger partial charge is 0.338 e. The van der Waals surface area contributed by atoms with E-state index >= 15 is 0 Å². The lowest BCUT2D eigenvalue weighted by molar-refractivity contribution is 0.631. The Bertz CT molecular complexity index is 542. The highest BCUT2D eigenvalue weighted by Gasteiger charge is 2.05. The monoisotopic (exact) mass is 315 g/mol. The zero-order valence-corrected chi connectivity index (χ0v) is 11.2. The van der Waals surface area contributed by atoms with Crippen molar-refractivity contribution in [1.29, 1.82) is 0 Å². The highest BCUT2D eigenvalue weighted by atomic mass is 79.9. The Labute approximate surface area is 111 Å². The average molecular weight is 317 g/mol. The van der Waals surface area contributed by atoms with Gasteiger partial charge in [-0.1, -0.05) is 15.9 Å². The van der Waals surface area contributed by atoms with Crippen LogP contribution in [0, 0.1) is 12.7 Å². The van der Waals surface area contributed by atoms with Crippen molar-refractivity contribution in [2.75, 3.05) is 5.32 Å². The number of nitrogens with one attached hydrogen (secondary N) is 1. The smallest absolute Gasteiger partial charge is 0.224 e. The van der Waals surface area contributed by atoms with Crippen LogP contribution >= 0.6 is 27.5 Å². The molecule has 0 saturated heterocycles. The van der Waals surface area contributed by atoms with E-state index in [9.17, 15) is 4.39 Å². The Balaban J connectivity index is 2.34. The molecule has 1 N–H and O–H groups in total. The van der Waals surface area contributed by atoms with Crippen molar-refractivity contribution in [3.05, 3.63) is 45.5 Å². The van der Waals surface area contributed by atoms with Gasteiger partial charge in [-0.2, -0.15) is 0 Å². The Morgan fingerprint density at radius 1 is 1.29 bits per heavy atom. The first-order valence-electron chi connectivity index (χ1n) is 4.78. The molecule has 0 aliphatic heterocycles. The summed E-state index contributed by atoms with van der Waals surface area (Å²) >= 11 is 9.00. The van der Waals surface area contributed by atoms with Crippen LogP contribution in [0.3, 0.4) is 0 Å². The molecular formula is C11H8BrClFN3. The first-order valence-corrected chi connectivity index (χ1v) is 5.95. The number of hydrogen-bond donors (Lipinski definition) is 1. The van der Waals surface area contributed by atoms with Crippen molar-refractivity contribution in [2.24, 2.45) is 0 Å². The van der Waals surface area contributed by atoms with Gasteiger partial charge in [0.05, 0.1) is 5.69 Å². The summed E-state index contributed by atoms with van der Waals surface area (Å²) in [7, 11) is 0. The zero-order valence-electron chi connectivity index (χ0n) is 8.84. The second-order valence-electron chi connectivity index (χ2n) is 3.41. The van der Waals surface area contributed by atoms with Gasteiger partial charge in [-0.05, 0) is 36.7 Å². The van der Waals surface area contributed by atoms with Crippen LogP contribution in [0.25, 0.3) is 0 Å². The molecule has 6 heteroatoms. The van der Waals surface area contributed by atoms with Gasteiger partial charge in [-0.3, -0.25) is 0 Å². The summed E-state index contributed by atoms with van der Waals surface area (Å²) in [6.07, 6.45) is 0. The van der Waals surface area contributed by atoms with E-state index in [4.69, 9.17) is 11.6 Å². The molecule has 17 heavy (non-hydrogen) atoms. The SMILES string of the molecule is Cc1cc(Nc2cc(Br)ccc2F)nc(Cl)n1. The lowest BCUT2D eigenvalue weighted by atomic mass is 10.3. The Morgan fingerprint density at radius 3 is 2.76 bits per heavy atom. The molecule has 2 rings (SSSR count). The second kappa shape index (κ2) is 4.98. The Kier molecular flexibility index (Phi) is 3.59. The van der Waals surface area contributed by atoms with Crippen LogP contribution in [0.2, 0.25) is 5.28 Å². The minimum absolute atomic E-state index is 0.128. The molecule has 0 saturated carbocycles. The number of aryl methyl sites for hydroxylation is 1. The van der Waals surface area contributed by atoms with Crippen molar-refractivity contribution >= 4 is 39.0 Å². The van der Waals surface area contributed by atoms with E-state index in [2.05, 4.69) is 31.2 Å². The van der Waals surface area contributed by atoms with E-state index in [1.54, 1.807) is 25.1 Å². The van der Waals surface area contributed by atoms with Gasteiger partial charge in [0.1, 0.15) is 11.6 Å². The van der Waals surface area contributed by atoms with Gasteiger partial charge in [0, 0.05) is 16.2 Å². The zero-order chi connectivity index (χ0) is 12.4. The maximum atomic E-state index is 13.5. The summed E-state index contributed by atoms with van der Waals surface area (Å²) < 4.78 is 14.3. The molecule has 3 nitrogen and oxygen atoms in total. The quantitative estimate of drug-likeness (QED) is 0.848. The van der Waals surface area contributed by atoms with Crippen LogP contribution in [0.5, 0.6) is 0 Å². The molecule has 0 amide bonds. The molecule has 0 aliphatic carbocycles. The van der Waals surface area contributed by atoms with Gasteiger partial charge < -0.3 is 5.32 Å². The molecule has 0 radical (unpaired) electrons. The molecule has 0 atom stereocenters. The van der Waals surface area contributed by atoms with Crippen LogP contribution in [-0.2, 0) is 0 Å². The number of anilines is 2. The van der Waals surface area contributed by atoms with Crippen LogP contribution in [0.4, 0.5) is 15.9 Å². The van der Waals surface area contributed by atoms with Gasteiger partial charge in [-0.25, -0.2) is 14.4 Å². The number of benzene rings is 1. The topological polar surface area (TPSA) is 37.8 Å². The van der Waals surface area contributed by atoms with E-state index in [-0.39, 0.29) is 11.1 Å². The molecular weight excluding hydrogens is 308 g/mol.